The molecule has 24 heavy (non-hydrogen) atoms. The molecule has 0 radical (unpaired) electrons. The SMILES string of the molecule is CC(ON1C(=O)c2ccccc2C1=O)c1ccc(C(F)(F)F)cc1. The molecule has 0 bridgehead atoms. The number of imide groups is 1. The highest BCUT2D eigenvalue weighted by Gasteiger charge is 2.37. The number of rotatable bonds is 3. The summed E-state index contributed by atoms with van der Waals surface area (Å²) in [4.78, 5) is 29.8. The second-order valence-electron chi connectivity index (χ2n) is 5.32. The summed E-state index contributed by atoms with van der Waals surface area (Å²) in [7, 11) is 0. The highest BCUT2D eigenvalue weighted by Crippen LogP contribution is 2.31. The van der Waals surface area contributed by atoms with Crippen molar-refractivity contribution in [1.29, 1.82) is 0 Å². The molecule has 1 atom stereocenters. The van der Waals surface area contributed by atoms with Gasteiger partial charge in [0.2, 0.25) is 0 Å². The lowest BCUT2D eigenvalue weighted by molar-refractivity contribution is -0.137. The first-order chi connectivity index (χ1) is 11.3. The molecular weight excluding hydrogens is 323 g/mol. The Hall–Kier alpha value is -2.67. The van der Waals surface area contributed by atoms with Crippen LogP contribution in [0.5, 0.6) is 0 Å². The highest BCUT2D eigenvalue weighted by atomic mass is 19.4. The number of carbonyl (C=O) groups is 2. The average molecular weight is 335 g/mol. The third-order valence-corrected chi connectivity index (χ3v) is 3.73. The monoisotopic (exact) mass is 335 g/mol. The van der Waals surface area contributed by atoms with E-state index >= 15 is 0 Å². The van der Waals surface area contributed by atoms with Gasteiger partial charge >= 0.3 is 6.18 Å². The Balaban J connectivity index is 1.77. The van der Waals surface area contributed by atoms with Gasteiger partial charge < -0.3 is 0 Å². The van der Waals surface area contributed by atoms with Crippen LogP contribution in [0.4, 0.5) is 13.2 Å². The molecule has 0 aromatic heterocycles. The fraction of sp³-hybridized carbons (Fsp3) is 0.176. The number of amides is 2. The van der Waals surface area contributed by atoms with Crippen molar-refractivity contribution < 1.29 is 27.6 Å². The summed E-state index contributed by atoms with van der Waals surface area (Å²) in [6, 6.07) is 10.7. The topological polar surface area (TPSA) is 46.6 Å². The van der Waals surface area contributed by atoms with E-state index in [9.17, 15) is 22.8 Å². The van der Waals surface area contributed by atoms with Crippen molar-refractivity contribution in [3.05, 3.63) is 70.8 Å². The number of nitrogens with zero attached hydrogens (tertiary/aromatic N) is 1. The van der Waals surface area contributed by atoms with Crippen LogP contribution in [0, 0.1) is 0 Å². The first-order valence-electron chi connectivity index (χ1n) is 7.11. The van der Waals surface area contributed by atoms with Gasteiger partial charge in [0.15, 0.2) is 0 Å². The quantitative estimate of drug-likeness (QED) is 0.797. The van der Waals surface area contributed by atoms with Crippen LogP contribution in [-0.2, 0) is 11.0 Å². The minimum absolute atomic E-state index is 0.238. The van der Waals surface area contributed by atoms with Crippen LogP contribution in [0.3, 0.4) is 0 Å². The highest BCUT2D eigenvalue weighted by molar-refractivity contribution is 6.20. The lowest BCUT2D eigenvalue weighted by Gasteiger charge is -2.20. The van der Waals surface area contributed by atoms with E-state index in [1.807, 2.05) is 0 Å². The molecule has 0 saturated heterocycles. The van der Waals surface area contributed by atoms with Crippen molar-refractivity contribution in [1.82, 2.24) is 5.06 Å². The van der Waals surface area contributed by atoms with Crippen molar-refractivity contribution in [2.45, 2.75) is 19.2 Å². The molecule has 0 aliphatic carbocycles. The molecule has 1 aliphatic heterocycles. The van der Waals surface area contributed by atoms with Gasteiger partial charge in [-0.05, 0) is 36.8 Å². The fourth-order valence-electron chi connectivity index (χ4n) is 2.42. The lowest BCUT2D eigenvalue weighted by Crippen LogP contribution is -2.31. The van der Waals surface area contributed by atoms with E-state index in [1.165, 1.54) is 24.3 Å². The standard InChI is InChI=1S/C17H12F3NO3/c1-10(11-6-8-12(9-7-11)17(18,19)20)24-21-15(22)13-4-2-3-5-14(13)16(21)23/h2-10H,1H3. The molecule has 0 saturated carbocycles. The van der Waals surface area contributed by atoms with Crippen LogP contribution in [0.2, 0.25) is 0 Å². The van der Waals surface area contributed by atoms with Crippen molar-refractivity contribution in [2.75, 3.05) is 0 Å². The van der Waals surface area contributed by atoms with Gasteiger partial charge in [-0.3, -0.25) is 14.4 Å². The third kappa shape index (κ3) is 2.78. The van der Waals surface area contributed by atoms with Crippen molar-refractivity contribution in [3.8, 4) is 0 Å². The van der Waals surface area contributed by atoms with Gasteiger partial charge in [0.05, 0.1) is 16.7 Å². The Morgan fingerprint density at radius 1 is 0.917 bits per heavy atom. The molecule has 2 aromatic rings. The van der Waals surface area contributed by atoms with Gasteiger partial charge in [-0.25, -0.2) is 0 Å². The maximum absolute atomic E-state index is 12.6. The van der Waals surface area contributed by atoms with Crippen LogP contribution in [0.1, 0.15) is 44.9 Å². The molecule has 4 nitrogen and oxygen atoms in total. The second kappa shape index (κ2) is 5.76. The summed E-state index contributed by atoms with van der Waals surface area (Å²) < 4.78 is 37.7. The first kappa shape index (κ1) is 16.2. The Morgan fingerprint density at radius 2 is 1.42 bits per heavy atom. The van der Waals surface area contributed by atoms with Gasteiger partial charge in [-0.15, -0.1) is 5.06 Å². The molecule has 0 spiro atoms. The van der Waals surface area contributed by atoms with Gasteiger partial charge in [0.1, 0.15) is 6.10 Å². The normalized spacial score (nSPS) is 15.6. The predicted octanol–water partition coefficient (Wildman–Crippen LogP) is 3.99. The minimum atomic E-state index is -4.43. The Morgan fingerprint density at radius 3 is 1.88 bits per heavy atom. The molecule has 1 heterocycles. The molecular formula is C17H12F3NO3. The lowest BCUT2D eigenvalue weighted by atomic mass is 10.1. The maximum atomic E-state index is 12.6. The molecule has 3 rings (SSSR count). The van der Waals surface area contributed by atoms with Crippen LogP contribution < -0.4 is 0 Å². The summed E-state index contributed by atoms with van der Waals surface area (Å²) in [6.07, 6.45) is -5.19. The zero-order chi connectivity index (χ0) is 17.5. The van der Waals surface area contributed by atoms with Gasteiger partial charge in [-0.2, -0.15) is 13.2 Å². The average Bonchev–Trinajstić information content (AvgIpc) is 2.79. The number of benzene rings is 2. The smallest absolute Gasteiger partial charge is 0.266 e. The van der Waals surface area contributed by atoms with Crippen LogP contribution in [0.25, 0.3) is 0 Å². The van der Waals surface area contributed by atoms with E-state index in [0.717, 1.165) is 12.1 Å². The minimum Gasteiger partial charge on any atom is -0.266 e. The zero-order valence-electron chi connectivity index (χ0n) is 12.5. The van der Waals surface area contributed by atoms with E-state index in [0.29, 0.717) is 10.6 Å². The fourth-order valence-corrected chi connectivity index (χ4v) is 2.42. The maximum Gasteiger partial charge on any atom is 0.416 e. The molecule has 0 N–H and O–H groups in total. The molecule has 0 fully saturated rings. The predicted molar refractivity (Wildman–Crippen MR) is 77.9 cm³/mol. The third-order valence-electron chi connectivity index (χ3n) is 3.73. The Labute approximate surface area is 135 Å². The summed E-state index contributed by atoms with van der Waals surface area (Å²) >= 11 is 0. The van der Waals surface area contributed by atoms with Crippen molar-refractivity contribution in [3.63, 3.8) is 0 Å². The summed E-state index contributed by atoms with van der Waals surface area (Å²) in [5, 5.41) is 0.646. The first-order valence-corrected chi connectivity index (χ1v) is 7.11. The summed E-state index contributed by atoms with van der Waals surface area (Å²) in [6.45, 7) is 1.55. The summed E-state index contributed by atoms with van der Waals surface area (Å²) in [5.74, 6) is -1.18. The zero-order valence-corrected chi connectivity index (χ0v) is 12.5. The Bertz CT molecular complexity index is 764. The van der Waals surface area contributed by atoms with Crippen LogP contribution in [-0.4, -0.2) is 16.9 Å². The van der Waals surface area contributed by atoms with Crippen molar-refractivity contribution in [2.24, 2.45) is 0 Å². The molecule has 2 amide bonds. The van der Waals surface area contributed by atoms with E-state index in [1.54, 1.807) is 19.1 Å². The van der Waals surface area contributed by atoms with Crippen LogP contribution in [0.15, 0.2) is 48.5 Å². The van der Waals surface area contributed by atoms with E-state index in [4.69, 9.17) is 4.84 Å². The van der Waals surface area contributed by atoms with Gasteiger partial charge in [-0.1, -0.05) is 24.3 Å². The van der Waals surface area contributed by atoms with Crippen LogP contribution >= 0.6 is 0 Å². The van der Waals surface area contributed by atoms with E-state index in [2.05, 4.69) is 0 Å². The largest absolute Gasteiger partial charge is 0.416 e. The molecule has 2 aromatic carbocycles. The molecule has 1 unspecified atom stereocenters. The molecule has 1 aliphatic rings. The molecule has 7 heteroatoms. The number of fused-ring (bicyclic) bond motifs is 1. The Kier molecular flexibility index (Phi) is 3.88. The second-order valence-corrected chi connectivity index (χ2v) is 5.32. The number of carbonyl (C=O) groups excluding carboxylic acids is 2. The number of halogens is 3. The van der Waals surface area contributed by atoms with Crippen molar-refractivity contribution >= 4 is 11.8 Å². The number of hydroxylamine groups is 2. The van der Waals surface area contributed by atoms with E-state index < -0.39 is 29.7 Å². The summed E-state index contributed by atoms with van der Waals surface area (Å²) in [5.41, 5.74) is 0.114. The number of hydrogen-bond acceptors (Lipinski definition) is 3. The van der Waals surface area contributed by atoms with E-state index in [-0.39, 0.29) is 11.1 Å². The number of hydrogen-bond donors (Lipinski definition) is 0. The number of alkyl halides is 3. The van der Waals surface area contributed by atoms with Gasteiger partial charge in [0, 0.05) is 0 Å². The van der Waals surface area contributed by atoms with Gasteiger partial charge in [0.25, 0.3) is 11.8 Å². The molecule has 124 valence electrons.